The zero-order valence-corrected chi connectivity index (χ0v) is 7.83. The van der Waals surface area contributed by atoms with E-state index in [0.717, 1.165) is 17.4 Å². The van der Waals surface area contributed by atoms with Gasteiger partial charge in [0.2, 0.25) is 0 Å². The molecular weight excluding hydrogens is 178 g/mol. The van der Waals surface area contributed by atoms with Crippen molar-refractivity contribution in [2.45, 2.75) is 6.54 Å². The molecule has 0 amide bonds. The lowest BCUT2D eigenvalue weighted by Gasteiger charge is -2.03. The van der Waals surface area contributed by atoms with Crippen LogP contribution >= 0.6 is 0 Å². The summed E-state index contributed by atoms with van der Waals surface area (Å²) in [5.41, 5.74) is 2.24. The van der Waals surface area contributed by atoms with Crippen LogP contribution in [0, 0.1) is 0 Å². The van der Waals surface area contributed by atoms with Crippen molar-refractivity contribution in [1.29, 1.82) is 0 Å². The van der Waals surface area contributed by atoms with E-state index in [9.17, 15) is 0 Å². The Labute approximate surface area is 81.9 Å². The second-order valence-corrected chi connectivity index (χ2v) is 3.15. The van der Waals surface area contributed by atoms with E-state index in [1.807, 2.05) is 24.4 Å². The van der Waals surface area contributed by atoms with Crippen LogP contribution in [0.15, 0.2) is 24.4 Å². The van der Waals surface area contributed by atoms with Crippen molar-refractivity contribution in [2.24, 2.45) is 0 Å². The summed E-state index contributed by atoms with van der Waals surface area (Å²) in [6, 6.07) is 6.08. The smallest absolute Gasteiger partial charge is 0.0695 e. The predicted octanol–water partition coefficient (Wildman–Crippen LogP) is 0.645. The highest BCUT2D eigenvalue weighted by atomic mass is 16.3. The van der Waals surface area contributed by atoms with Gasteiger partial charge >= 0.3 is 0 Å². The Kier molecular flexibility index (Phi) is 2.76. The molecule has 0 atom stereocenters. The second kappa shape index (κ2) is 4.21. The van der Waals surface area contributed by atoms with Gasteiger partial charge < -0.3 is 10.4 Å². The van der Waals surface area contributed by atoms with Crippen LogP contribution in [0.3, 0.4) is 0 Å². The Morgan fingerprint density at radius 3 is 3.21 bits per heavy atom. The molecule has 2 aromatic rings. The summed E-state index contributed by atoms with van der Waals surface area (Å²) in [4.78, 5) is 0. The molecule has 4 heteroatoms. The number of aromatic nitrogens is 2. The molecule has 1 heterocycles. The van der Waals surface area contributed by atoms with E-state index in [0.29, 0.717) is 6.54 Å². The monoisotopic (exact) mass is 191 g/mol. The summed E-state index contributed by atoms with van der Waals surface area (Å²) in [5, 5.41) is 19.8. The minimum absolute atomic E-state index is 0.166. The third kappa shape index (κ3) is 1.76. The number of nitrogens with one attached hydrogen (secondary N) is 2. The van der Waals surface area contributed by atoms with Crippen LogP contribution in [-0.2, 0) is 6.54 Å². The van der Waals surface area contributed by atoms with Gasteiger partial charge in [-0.05, 0) is 5.56 Å². The molecule has 1 aromatic carbocycles. The number of aliphatic hydroxyl groups excluding tert-OH is 1. The number of hydrogen-bond donors (Lipinski definition) is 3. The van der Waals surface area contributed by atoms with Gasteiger partial charge in [-0.25, -0.2) is 0 Å². The fraction of sp³-hybridized carbons (Fsp3) is 0.300. The number of hydrogen-bond acceptors (Lipinski definition) is 3. The lowest BCUT2D eigenvalue weighted by atomic mass is 10.1. The minimum Gasteiger partial charge on any atom is -0.395 e. The van der Waals surface area contributed by atoms with Crippen LogP contribution in [0.25, 0.3) is 10.9 Å². The minimum atomic E-state index is 0.166. The van der Waals surface area contributed by atoms with E-state index in [-0.39, 0.29) is 6.61 Å². The fourth-order valence-electron chi connectivity index (χ4n) is 1.48. The average Bonchev–Trinajstić information content (AvgIpc) is 2.67. The summed E-state index contributed by atoms with van der Waals surface area (Å²) in [5.74, 6) is 0. The van der Waals surface area contributed by atoms with Crippen LogP contribution in [0.1, 0.15) is 5.56 Å². The second-order valence-electron chi connectivity index (χ2n) is 3.15. The van der Waals surface area contributed by atoms with Gasteiger partial charge in [-0.3, -0.25) is 5.10 Å². The third-order valence-corrected chi connectivity index (χ3v) is 2.17. The molecule has 74 valence electrons. The molecule has 0 aliphatic heterocycles. The Morgan fingerprint density at radius 2 is 2.36 bits per heavy atom. The number of aromatic amines is 1. The Bertz CT molecular complexity index is 410. The largest absolute Gasteiger partial charge is 0.395 e. The van der Waals surface area contributed by atoms with E-state index in [2.05, 4.69) is 15.5 Å². The summed E-state index contributed by atoms with van der Waals surface area (Å²) >= 11 is 0. The lowest BCUT2D eigenvalue weighted by Crippen LogP contribution is -2.17. The summed E-state index contributed by atoms with van der Waals surface area (Å²) in [6.45, 7) is 1.53. The molecule has 0 bridgehead atoms. The molecule has 0 saturated heterocycles. The van der Waals surface area contributed by atoms with E-state index < -0.39 is 0 Å². The average molecular weight is 191 g/mol. The zero-order chi connectivity index (χ0) is 9.80. The molecule has 3 N–H and O–H groups in total. The topological polar surface area (TPSA) is 60.9 Å². The lowest BCUT2D eigenvalue weighted by molar-refractivity contribution is 0.292. The standard InChI is InChI=1S/C10H13N3O/c14-5-4-11-6-8-2-1-3-9-7-12-13-10(8)9/h1-3,7,11,14H,4-6H2,(H,12,13). The van der Waals surface area contributed by atoms with Gasteiger partial charge in [0, 0.05) is 18.5 Å². The molecular formula is C10H13N3O. The van der Waals surface area contributed by atoms with Gasteiger partial charge in [0.05, 0.1) is 18.3 Å². The van der Waals surface area contributed by atoms with Gasteiger partial charge in [-0.2, -0.15) is 5.10 Å². The number of rotatable bonds is 4. The van der Waals surface area contributed by atoms with Crippen molar-refractivity contribution >= 4 is 10.9 Å². The zero-order valence-electron chi connectivity index (χ0n) is 7.83. The van der Waals surface area contributed by atoms with Crippen molar-refractivity contribution < 1.29 is 5.11 Å². The number of nitrogens with zero attached hydrogens (tertiary/aromatic N) is 1. The Morgan fingerprint density at radius 1 is 1.43 bits per heavy atom. The quantitative estimate of drug-likeness (QED) is 0.622. The van der Waals surface area contributed by atoms with Gasteiger partial charge in [-0.1, -0.05) is 18.2 Å². The van der Waals surface area contributed by atoms with Crippen LogP contribution in [0.5, 0.6) is 0 Å². The van der Waals surface area contributed by atoms with Crippen molar-refractivity contribution in [3.63, 3.8) is 0 Å². The molecule has 4 nitrogen and oxygen atoms in total. The first-order chi connectivity index (χ1) is 6.92. The van der Waals surface area contributed by atoms with Gasteiger partial charge in [0.25, 0.3) is 0 Å². The summed E-state index contributed by atoms with van der Waals surface area (Å²) < 4.78 is 0. The van der Waals surface area contributed by atoms with Crippen molar-refractivity contribution in [3.8, 4) is 0 Å². The molecule has 0 saturated carbocycles. The molecule has 0 aliphatic carbocycles. The number of para-hydroxylation sites is 1. The molecule has 1 aromatic heterocycles. The maximum atomic E-state index is 8.63. The van der Waals surface area contributed by atoms with E-state index >= 15 is 0 Å². The number of aliphatic hydroxyl groups is 1. The van der Waals surface area contributed by atoms with Crippen LogP contribution in [-0.4, -0.2) is 28.5 Å². The fourth-order valence-corrected chi connectivity index (χ4v) is 1.48. The maximum Gasteiger partial charge on any atom is 0.0695 e. The van der Waals surface area contributed by atoms with Crippen molar-refractivity contribution in [3.05, 3.63) is 30.0 Å². The third-order valence-electron chi connectivity index (χ3n) is 2.17. The van der Waals surface area contributed by atoms with Crippen LogP contribution in [0.2, 0.25) is 0 Å². The van der Waals surface area contributed by atoms with E-state index in [4.69, 9.17) is 5.11 Å². The highest BCUT2D eigenvalue weighted by Crippen LogP contribution is 2.14. The van der Waals surface area contributed by atoms with Crippen LogP contribution in [0.4, 0.5) is 0 Å². The molecule has 0 radical (unpaired) electrons. The predicted molar refractivity (Wildman–Crippen MR) is 54.9 cm³/mol. The number of fused-ring (bicyclic) bond motifs is 1. The Hall–Kier alpha value is -1.39. The maximum absolute atomic E-state index is 8.63. The van der Waals surface area contributed by atoms with E-state index in [1.165, 1.54) is 5.56 Å². The molecule has 0 aliphatic rings. The molecule has 0 unspecified atom stereocenters. The highest BCUT2D eigenvalue weighted by Gasteiger charge is 2.00. The first-order valence-electron chi connectivity index (χ1n) is 4.64. The Balaban J connectivity index is 2.19. The number of benzene rings is 1. The summed E-state index contributed by atoms with van der Waals surface area (Å²) in [6.07, 6.45) is 1.81. The summed E-state index contributed by atoms with van der Waals surface area (Å²) in [7, 11) is 0. The van der Waals surface area contributed by atoms with E-state index in [1.54, 1.807) is 0 Å². The molecule has 14 heavy (non-hydrogen) atoms. The van der Waals surface area contributed by atoms with Gasteiger partial charge in [0.1, 0.15) is 0 Å². The normalized spacial score (nSPS) is 10.9. The number of H-pyrrole nitrogens is 1. The molecule has 0 spiro atoms. The van der Waals surface area contributed by atoms with Gasteiger partial charge in [0.15, 0.2) is 0 Å². The molecule has 2 rings (SSSR count). The molecule has 0 fully saturated rings. The van der Waals surface area contributed by atoms with Crippen molar-refractivity contribution in [1.82, 2.24) is 15.5 Å². The van der Waals surface area contributed by atoms with Gasteiger partial charge in [-0.15, -0.1) is 0 Å². The first kappa shape index (κ1) is 9.18. The highest BCUT2D eigenvalue weighted by molar-refractivity contribution is 5.81. The first-order valence-corrected chi connectivity index (χ1v) is 4.64. The SMILES string of the molecule is OCCNCc1cccc2cn[nH]c12. The van der Waals surface area contributed by atoms with Crippen LogP contribution < -0.4 is 5.32 Å². The van der Waals surface area contributed by atoms with Crippen molar-refractivity contribution in [2.75, 3.05) is 13.2 Å².